The number of aromatic nitrogens is 2. The van der Waals surface area contributed by atoms with Gasteiger partial charge in [0.25, 0.3) is 0 Å². The van der Waals surface area contributed by atoms with Crippen LogP contribution in [0.4, 0.5) is 24.9 Å². The first-order chi connectivity index (χ1) is 7.34. The van der Waals surface area contributed by atoms with Crippen LogP contribution in [0.25, 0.3) is 0 Å². The molecule has 1 rings (SSSR count). The van der Waals surface area contributed by atoms with Gasteiger partial charge in [0.15, 0.2) is 5.69 Å². The molecule has 7 heteroatoms. The average Bonchev–Trinajstić information content (AvgIpc) is 2.16. The van der Waals surface area contributed by atoms with Crippen molar-refractivity contribution in [1.82, 2.24) is 9.97 Å². The summed E-state index contributed by atoms with van der Waals surface area (Å²) in [5.74, 6) is 0.208. The van der Waals surface area contributed by atoms with E-state index in [1.807, 2.05) is 0 Å². The Balaban J connectivity index is 3.19. The molecule has 0 saturated heterocycles. The highest BCUT2D eigenvalue weighted by Gasteiger charge is 2.33. The number of halogens is 3. The highest BCUT2D eigenvalue weighted by Crippen LogP contribution is 2.30. The van der Waals surface area contributed by atoms with Crippen LogP contribution >= 0.6 is 0 Å². The molecule has 0 bridgehead atoms. The number of rotatable bonds is 3. The summed E-state index contributed by atoms with van der Waals surface area (Å²) in [6, 6.07) is 0.918. The second-order valence-electron chi connectivity index (χ2n) is 3.36. The standard InChI is InChI=1S/C9H13F3N4/c1-4-13-8-14-6(9(10,11)12)5-7(15-8)16(2)3/h5H,4H2,1-3H3,(H,13,14,15). The Morgan fingerprint density at radius 2 is 1.94 bits per heavy atom. The van der Waals surface area contributed by atoms with Gasteiger partial charge in [-0.15, -0.1) is 0 Å². The maximum atomic E-state index is 12.5. The van der Waals surface area contributed by atoms with E-state index in [1.165, 1.54) is 4.90 Å². The van der Waals surface area contributed by atoms with Gasteiger partial charge >= 0.3 is 6.18 Å². The van der Waals surface area contributed by atoms with E-state index in [9.17, 15) is 13.2 Å². The zero-order valence-electron chi connectivity index (χ0n) is 9.26. The number of anilines is 2. The van der Waals surface area contributed by atoms with Gasteiger partial charge in [0, 0.05) is 26.7 Å². The SMILES string of the molecule is CCNc1nc(N(C)C)cc(C(F)(F)F)n1. The van der Waals surface area contributed by atoms with Crippen LogP contribution in [0.1, 0.15) is 12.6 Å². The lowest BCUT2D eigenvalue weighted by Crippen LogP contribution is -2.17. The average molecular weight is 234 g/mol. The molecule has 0 radical (unpaired) electrons. The van der Waals surface area contributed by atoms with Crippen LogP contribution in [0.15, 0.2) is 6.07 Å². The van der Waals surface area contributed by atoms with Crippen LogP contribution < -0.4 is 10.2 Å². The van der Waals surface area contributed by atoms with Crippen LogP contribution in [-0.4, -0.2) is 30.6 Å². The Morgan fingerprint density at radius 3 is 2.38 bits per heavy atom. The predicted molar refractivity (Wildman–Crippen MR) is 55.5 cm³/mol. The molecule has 0 aliphatic heterocycles. The number of hydrogen-bond donors (Lipinski definition) is 1. The number of nitrogens with zero attached hydrogens (tertiary/aromatic N) is 3. The van der Waals surface area contributed by atoms with E-state index in [0.29, 0.717) is 6.54 Å². The van der Waals surface area contributed by atoms with Crippen molar-refractivity contribution in [3.63, 3.8) is 0 Å². The second kappa shape index (κ2) is 4.54. The van der Waals surface area contributed by atoms with Crippen LogP contribution in [0.5, 0.6) is 0 Å². The summed E-state index contributed by atoms with van der Waals surface area (Å²) in [5.41, 5.74) is -0.942. The van der Waals surface area contributed by atoms with Gasteiger partial charge in [-0.25, -0.2) is 4.98 Å². The van der Waals surface area contributed by atoms with Crippen LogP contribution in [-0.2, 0) is 6.18 Å². The van der Waals surface area contributed by atoms with E-state index in [4.69, 9.17) is 0 Å². The molecule has 1 aromatic heterocycles. The normalized spacial score (nSPS) is 11.4. The molecule has 1 aromatic rings. The molecule has 0 aliphatic carbocycles. The molecule has 16 heavy (non-hydrogen) atoms. The lowest BCUT2D eigenvalue weighted by Gasteiger charge is -2.15. The molecular weight excluding hydrogens is 221 g/mol. The molecule has 1 N–H and O–H groups in total. The Kier molecular flexibility index (Phi) is 3.56. The van der Waals surface area contributed by atoms with Gasteiger partial charge in [-0.3, -0.25) is 0 Å². The highest BCUT2D eigenvalue weighted by atomic mass is 19.4. The zero-order chi connectivity index (χ0) is 12.3. The summed E-state index contributed by atoms with van der Waals surface area (Å²) >= 11 is 0. The fraction of sp³-hybridized carbons (Fsp3) is 0.556. The minimum atomic E-state index is -4.46. The van der Waals surface area contributed by atoms with Gasteiger partial charge in [-0.2, -0.15) is 18.2 Å². The van der Waals surface area contributed by atoms with Crippen LogP contribution in [0.3, 0.4) is 0 Å². The number of nitrogens with one attached hydrogen (secondary N) is 1. The molecule has 0 unspecified atom stereocenters. The Hall–Kier alpha value is -1.53. The molecule has 0 fully saturated rings. The maximum absolute atomic E-state index is 12.5. The fourth-order valence-corrected chi connectivity index (χ4v) is 1.05. The second-order valence-corrected chi connectivity index (χ2v) is 3.36. The third-order valence-electron chi connectivity index (χ3n) is 1.80. The Bertz CT molecular complexity index is 362. The Morgan fingerprint density at radius 1 is 1.31 bits per heavy atom. The summed E-state index contributed by atoms with van der Waals surface area (Å²) in [7, 11) is 3.25. The van der Waals surface area contributed by atoms with Crippen molar-refractivity contribution in [2.75, 3.05) is 30.9 Å². The van der Waals surface area contributed by atoms with Crippen molar-refractivity contribution in [1.29, 1.82) is 0 Å². The minimum absolute atomic E-state index is 0.0129. The van der Waals surface area contributed by atoms with Crippen LogP contribution in [0, 0.1) is 0 Å². The molecule has 0 spiro atoms. The predicted octanol–water partition coefficient (Wildman–Crippen LogP) is 1.99. The van der Waals surface area contributed by atoms with E-state index < -0.39 is 11.9 Å². The molecule has 4 nitrogen and oxygen atoms in total. The summed E-state index contributed by atoms with van der Waals surface area (Å²) in [4.78, 5) is 8.84. The molecular formula is C9H13F3N4. The topological polar surface area (TPSA) is 41.1 Å². The van der Waals surface area contributed by atoms with Crippen molar-refractivity contribution in [3.05, 3.63) is 11.8 Å². The first-order valence-electron chi connectivity index (χ1n) is 4.72. The van der Waals surface area contributed by atoms with E-state index in [2.05, 4.69) is 15.3 Å². The van der Waals surface area contributed by atoms with Crippen molar-refractivity contribution >= 4 is 11.8 Å². The van der Waals surface area contributed by atoms with E-state index in [1.54, 1.807) is 21.0 Å². The van der Waals surface area contributed by atoms with E-state index in [-0.39, 0.29) is 11.8 Å². The van der Waals surface area contributed by atoms with E-state index >= 15 is 0 Å². The van der Waals surface area contributed by atoms with Gasteiger partial charge in [-0.1, -0.05) is 0 Å². The molecule has 0 atom stereocenters. The Labute approximate surface area is 91.5 Å². The summed E-state index contributed by atoms with van der Waals surface area (Å²) in [6.07, 6.45) is -4.46. The fourth-order valence-electron chi connectivity index (χ4n) is 1.05. The molecule has 90 valence electrons. The van der Waals surface area contributed by atoms with Gasteiger partial charge in [0.1, 0.15) is 5.82 Å². The zero-order valence-corrected chi connectivity index (χ0v) is 9.26. The smallest absolute Gasteiger partial charge is 0.363 e. The van der Waals surface area contributed by atoms with Crippen LogP contribution in [0.2, 0.25) is 0 Å². The minimum Gasteiger partial charge on any atom is -0.363 e. The first kappa shape index (κ1) is 12.5. The molecule has 0 saturated carbocycles. The summed E-state index contributed by atoms with van der Waals surface area (Å²) in [6.45, 7) is 2.23. The van der Waals surface area contributed by atoms with Crippen molar-refractivity contribution in [2.45, 2.75) is 13.1 Å². The summed E-state index contributed by atoms with van der Waals surface area (Å²) in [5, 5.41) is 2.67. The maximum Gasteiger partial charge on any atom is 0.433 e. The largest absolute Gasteiger partial charge is 0.433 e. The molecule has 1 heterocycles. The lowest BCUT2D eigenvalue weighted by molar-refractivity contribution is -0.141. The monoisotopic (exact) mass is 234 g/mol. The van der Waals surface area contributed by atoms with Crippen molar-refractivity contribution < 1.29 is 13.2 Å². The van der Waals surface area contributed by atoms with Crippen molar-refractivity contribution in [3.8, 4) is 0 Å². The van der Waals surface area contributed by atoms with Gasteiger partial charge < -0.3 is 10.2 Å². The van der Waals surface area contributed by atoms with E-state index in [0.717, 1.165) is 6.07 Å². The highest BCUT2D eigenvalue weighted by molar-refractivity contribution is 5.44. The third kappa shape index (κ3) is 2.98. The molecule has 0 aliphatic rings. The van der Waals surface area contributed by atoms with Gasteiger partial charge in [0.05, 0.1) is 0 Å². The quantitative estimate of drug-likeness (QED) is 0.868. The number of hydrogen-bond acceptors (Lipinski definition) is 4. The van der Waals surface area contributed by atoms with Gasteiger partial charge in [-0.05, 0) is 6.92 Å². The third-order valence-corrected chi connectivity index (χ3v) is 1.80. The number of alkyl halides is 3. The lowest BCUT2D eigenvalue weighted by atomic mass is 10.3. The molecule has 0 amide bonds. The molecule has 0 aromatic carbocycles. The summed E-state index contributed by atoms with van der Waals surface area (Å²) < 4.78 is 37.5. The first-order valence-corrected chi connectivity index (χ1v) is 4.72. The van der Waals surface area contributed by atoms with Gasteiger partial charge in [0.2, 0.25) is 5.95 Å². The van der Waals surface area contributed by atoms with Crippen molar-refractivity contribution in [2.24, 2.45) is 0 Å².